The summed E-state index contributed by atoms with van der Waals surface area (Å²) in [5.74, 6) is 0.219. The minimum absolute atomic E-state index is 0.219. The van der Waals surface area contributed by atoms with Crippen LogP contribution in [0.1, 0.15) is 51.4 Å². The Kier molecular flexibility index (Phi) is 11.1. The van der Waals surface area contributed by atoms with Crippen molar-refractivity contribution in [1.29, 1.82) is 0 Å². The molecule has 0 radical (unpaired) electrons. The fraction of sp³-hybridized carbons (Fsp3) is 0.824. The van der Waals surface area contributed by atoms with Gasteiger partial charge >= 0.3 is 0 Å². The molecule has 21 heavy (non-hydrogen) atoms. The van der Waals surface area contributed by atoms with E-state index in [1.165, 1.54) is 32.1 Å². The topological polar surface area (TPSA) is 44.4 Å². The molecule has 1 aliphatic rings. The van der Waals surface area contributed by atoms with Crippen LogP contribution in [-0.4, -0.2) is 50.1 Å². The quantitative estimate of drug-likeness (QED) is 0.429. The van der Waals surface area contributed by atoms with E-state index in [2.05, 4.69) is 22.1 Å². The summed E-state index contributed by atoms with van der Waals surface area (Å²) in [6.45, 7) is 9.84. The number of carbonyl (C=O) groups excluding carboxylic acids is 1. The summed E-state index contributed by atoms with van der Waals surface area (Å²) >= 11 is 0. The van der Waals surface area contributed by atoms with Crippen molar-refractivity contribution in [2.24, 2.45) is 0 Å². The molecule has 4 nitrogen and oxygen atoms in total. The number of rotatable bonds is 12. The summed E-state index contributed by atoms with van der Waals surface area (Å²) in [5, 5.41) is 6.37. The van der Waals surface area contributed by atoms with Gasteiger partial charge in [0.2, 0.25) is 5.91 Å². The molecule has 0 aromatic heterocycles. The molecule has 0 aliphatic carbocycles. The SMILES string of the molecule is C=CCCCCCCCCC(=O)NCCN1CCNCC1. The maximum absolute atomic E-state index is 11.7. The van der Waals surface area contributed by atoms with E-state index in [-0.39, 0.29) is 5.91 Å². The molecular formula is C17H33N3O. The van der Waals surface area contributed by atoms with Gasteiger partial charge in [0.05, 0.1) is 0 Å². The van der Waals surface area contributed by atoms with Crippen LogP contribution in [0.2, 0.25) is 0 Å². The van der Waals surface area contributed by atoms with Crippen LogP contribution in [0, 0.1) is 0 Å². The molecule has 1 heterocycles. The second-order valence-electron chi connectivity index (χ2n) is 5.89. The third-order valence-electron chi connectivity index (χ3n) is 4.02. The molecule has 0 aromatic carbocycles. The Morgan fingerprint density at radius 3 is 2.48 bits per heavy atom. The second kappa shape index (κ2) is 12.8. The summed E-state index contributed by atoms with van der Waals surface area (Å²) in [5.41, 5.74) is 0. The first-order chi connectivity index (χ1) is 10.3. The van der Waals surface area contributed by atoms with Gasteiger partial charge in [-0.15, -0.1) is 6.58 Å². The van der Waals surface area contributed by atoms with Crippen LogP contribution >= 0.6 is 0 Å². The minimum Gasteiger partial charge on any atom is -0.355 e. The fourth-order valence-electron chi connectivity index (χ4n) is 2.66. The zero-order chi connectivity index (χ0) is 15.2. The van der Waals surface area contributed by atoms with E-state index in [4.69, 9.17) is 0 Å². The van der Waals surface area contributed by atoms with Gasteiger partial charge in [0.15, 0.2) is 0 Å². The average Bonchev–Trinajstić information content (AvgIpc) is 2.51. The molecule has 0 saturated carbocycles. The Morgan fingerprint density at radius 2 is 1.76 bits per heavy atom. The molecule has 122 valence electrons. The molecule has 1 saturated heterocycles. The largest absolute Gasteiger partial charge is 0.355 e. The number of hydrogen-bond acceptors (Lipinski definition) is 3. The van der Waals surface area contributed by atoms with E-state index in [0.717, 1.165) is 52.1 Å². The van der Waals surface area contributed by atoms with E-state index in [1.807, 2.05) is 6.08 Å². The van der Waals surface area contributed by atoms with Gasteiger partial charge in [-0.2, -0.15) is 0 Å². The maximum atomic E-state index is 11.7. The Labute approximate surface area is 130 Å². The Hall–Kier alpha value is -0.870. The smallest absolute Gasteiger partial charge is 0.220 e. The second-order valence-corrected chi connectivity index (χ2v) is 5.89. The van der Waals surface area contributed by atoms with Gasteiger partial charge in [0, 0.05) is 45.7 Å². The van der Waals surface area contributed by atoms with Crippen LogP contribution in [0.3, 0.4) is 0 Å². The van der Waals surface area contributed by atoms with Crippen molar-refractivity contribution in [1.82, 2.24) is 15.5 Å². The third-order valence-corrected chi connectivity index (χ3v) is 4.02. The first-order valence-electron chi connectivity index (χ1n) is 8.63. The van der Waals surface area contributed by atoms with Crippen molar-refractivity contribution in [2.75, 3.05) is 39.3 Å². The summed E-state index contributed by atoms with van der Waals surface area (Å²) in [4.78, 5) is 14.1. The highest BCUT2D eigenvalue weighted by atomic mass is 16.1. The van der Waals surface area contributed by atoms with Crippen LogP contribution in [-0.2, 0) is 4.79 Å². The Bertz CT molecular complexity index is 275. The number of carbonyl (C=O) groups is 1. The standard InChI is InChI=1S/C17H33N3O/c1-2-3-4-5-6-7-8-9-10-17(21)19-13-16-20-14-11-18-12-15-20/h2,18H,1,3-16H2,(H,19,21). The Morgan fingerprint density at radius 1 is 1.10 bits per heavy atom. The lowest BCUT2D eigenvalue weighted by molar-refractivity contribution is -0.121. The maximum Gasteiger partial charge on any atom is 0.220 e. The van der Waals surface area contributed by atoms with Gasteiger partial charge in [-0.1, -0.05) is 31.8 Å². The summed E-state index contributed by atoms with van der Waals surface area (Å²) in [6.07, 6.45) is 11.1. The zero-order valence-electron chi connectivity index (χ0n) is 13.5. The fourth-order valence-corrected chi connectivity index (χ4v) is 2.66. The molecule has 0 bridgehead atoms. The molecule has 4 heteroatoms. The number of amides is 1. The predicted molar refractivity (Wildman–Crippen MR) is 89.5 cm³/mol. The minimum atomic E-state index is 0.219. The lowest BCUT2D eigenvalue weighted by Crippen LogP contribution is -2.46. The van der Waals surface area contributed by atoms with Gasteiger partial charge in [0.25, 0.3) is 0 Å². The van der Waals surface area contributed by atoms with E-state index >= 15 is 0 Å². The lowest BCUT2D eigenvalue weighted by atomic mass is 10.1. The highest BCUT2D eigenvalue weighted by Crippen LogP contribution is 2.08. The van der Waals surface area contributed by atoms with Gasteiger partial charge in [0.1, 0.15) is 0 Å². The first kappa shape index (κ1) is 18.2. The molecule has 1 rings (SSSR count). The van der Waals surface area contributed by atoms with Gasteiger partial charge < -0.3 is 10.6 Å². The van der Waals surface area contributed by atoms with Crippen molar-refractivity contribution >= 4 is 5.91 Å². The highest BCUT2D eigenvalue weighted by Gasteiger charge is 2.09. The molecule has 1 fully saturated rings. The number of nitrogens with one attached hydrogen (secondary N) is 2. The van der Waals surface area contributed by atoms with Crippen molar-refractivity contribution < 1.29 is 4.79 Å². The molecule has 1 amide bonds. The molecule has 0 spiro atoms. The van der Waals surface area contributed by atoms with E-state index in [9.17, 15) is 4.79 Å². The van der Waals surface area contributed by atoms with Crippen LogP contribution in [0.4, 0.5) is 0 Å². The molecule has 2 N–H and O–H groups in total. The average molecular weight is 295 g/mol. The molecule has 0 atom stereocenters. The third kappa shape index (κ3) is 10.5. The van der Waals surface area contributed by atoms with Crippen molar-refractivity contribution in [3.05, 3.63) is 12.7 Å². The van der Waals surface area contributed by atoms with Gasteiger partial charge in [-0.3, -0.25) is 9.69 Å². The molecule has 1 aliphatic heterocycles. The number of allylic oxidation sites excluding steroid dienone is 1. The van der Waals surface area contributed by atoms with Gasteiger partial charge in [-0.05, 0) is 19.3 Å². The molecule has 0 unspecified atom stereocenters. The lowest BCUT2D eigenvalue weighted by Gasteiger charge is -2.27. The molecular weight excluding hydrogens is 262 g/mol. The number of unbranched alkanes of at least 4 members (excludes halogenated alkanes) is 6. The summed E-state index contributed by atoms with van der Waals surface area (Å²) in [7, 11) is 0. The highest BCUT2D eigenvalue weighted by molar-refractivity contribution is 5.75. The number of piperazine rings is 1. The van der Waals surface area contributed by atoms with Crippen LogP contribution in [0.5, 0.6) is 0 Å². The van der Waals surface area contributed by atoms with E-state index in [1.54, 1.807) is 0 Å². The van der Waals surface area contributed by atoms with Gasteiger partial charge in [-0.25, -0.2) is 0 Å². The summed E-state index contributed by atoms with van der Waals surface area (Å²) in [6, 6.07) is 0. The normalized spacial score (nSPS) is 15.8. The van der Waals surface area contributed by atoms with E-state index < -0.39 is 0 Å². The number of hydrogen-bond donors (Lipinski definition) is 2. The monoisotopic (exact) mass is 295 g/mol. The summed E-state index contributed by atoms with van der Waals surface area (Å²) < 4.78 is 0. The Balaban J connectivity index is 1.83. The van der Waals surface area contributed by atoms with Crippen LogP contribution < -0.4 is 10.6 Å². The predicted octanol–water partition coefficient (Wildman–Crippen LogP) is 2.31. The molecule has 0 aromatic rings. The van der Waals surface area contributed by atoms with E-state index in [0.29, 0.717) is 6.42 Å². The van der Waals surface area contributed by atoms with Crippen LogP contribution in [0.15, 0.2) is 12.7 Å². The van der Waals surface area contributed by atoms with Crippen LogP contribution in [0.25, 0.3) is 0 Å². The van der Waals surface area contributed by atoms with Crippen molar-refractivity contribution in [2.45, 2.75) is 51.4 Å². The van der Waals surface area contributed by atoms with Crippen molar-refractivity contribution in [3.8, 4) is 0 Å². The number of nitrogens with zero attached hydrogens (tertiary/aromatic N) is 1. The van der Waals surface area contributed by atoms with Crippen molar-refractivity contribution in [3.63, 3.8) is 0 Å². The first-order valence-corrected chi connectivity index (χ1v) is 8.63. The zero-order valence-corrected chi connectivity index (χ0v) is 13.5.